The maximum atomic E-state index is 8.90. The van der Waals surface area contributed by atoms with Gasteiger partial charge in [0.25, 0.3) is 0 Å². The Balaban J connectivity index is 2.29. The molecule has 0 saturated heterocycles. The molecule has 2 aromatic rings. The van der Waals surface area contributed by atoms with Gasteiger partial charge in [0.1, 0.15) is 5.75 Å². The van der Waals surface area contributed by atoms with Gasteiger partial charge in [-0.2, -0.15) is 0 Å². The van der Waals surface area contributed by atoms with Gasteiger partial charge in [-0.25, -0.2) is 0 Å². The maximum absolute atomic E-state index is 8.90. The highest BCUT2D eigenvalue weighted by Gasteiger charge is 2.01. The minimum absolute atomic E-state index is 0.0729. The summed E-state index contributed by atoms with van der Waals surface area (Å²) in [6.07, 6.45) is 1.81. The highest BCUT2D eigenvalue weighted by molar-refractivity contribution is 5.70. The Labute approximate surface area is 114 Å². The molecule has 2 aromatic carbocycles. The molecule has 0 atom stereocenters. The summed E-state index contributed by atoms with van der Waals surface area (Å²) in [6, 6.07) is 16.3. The Morgan fingerprint density at radius 2 is 1.84 bits per heavy atom. The fraction of sp³-hybridized carbons (Fsp3) is 0.176. The van der Waals surface area contributed by atoms with Gasteiger partial charge in [0.05, 0.1) is 13.7 Å². The van der Waals surface area contributed by atoms with E-state index in [4.69, 9.17) is 9.84 Å². The van der Waals surface area contributed by atoms with E-state index >= 15 is 0 Å². The van der Waals surface area contributed by atoms with Gasteiger partial charge in [-0.3, -0.25) is 0 Å². The molecule has 0 spiro atoms. The lowest BCUT2D eigenvalue weighted by Crippen LogP contribution is -1.85. The van der Waals surface area contributed by atoms with Crippen molar-refractivity contribution < 1.29 is 9.84 Å². The summed E-state index contributed by atoms with van der Waals surface area (Å²) in [6.45, 7) is 2.07. The number of benzene rings is 2. The van der Waals surface area contributed by atoms with E-state index in [2.05, 4.69) is 30.3 Å². The third-order valence-electron chi connectivity index (χ3n) is 3.14. The van der Waals surface area contributed by atoms with E-state index in [0.29, 0.717) is 0 Å². The zero-order chi connectivity index (χ0) is 13.7. The molecule has 0 fully saturated rings. The largest absolute Gasteiger partial charge is 0.497 e. The molecule has 98 valence electrons. The van der Waals surface area contributed by atoms with Crippen LogP contribution in [0.25, 0.3) is 16.7 Å². The normalized spacial score (nSPS) is 11.4. The lowest BCUT2D eigenvalue weighted by Gasteiger charge is -2.06. The van der Waals surface area contributed by atoms with Crippen LogP contribution < -0.4 is 4.74 Å². The van der Waals surface area contributed by atoms with Crippen LogP contribution in [0, 0.1) is 0 Å². The van der Waals surface area contributed by atoms with Gasteiger partial charge in [-0.15, -0.1) is 0 Å². The first-order valence-corrected chi connectivity index (χ1v) is 6.27. The van der Waals surface area contributed by atoms with Gasteiger partial charge >= 0.3 is 0 Å². The predicted molar refractivity (Wildman–Crippen MR) is 79.2 cm³/mol. The van der Waals surface area contributed by atoms with Gasteiger partial charge in [0, 0.05) is 0 Å². The standard InChI is InChI=1S/C17H18O2/c1-13(10-11-18)14-6-8-15(9-7-14)16-4-3-5-17(12-16)19-2/h3-10,12,18H,11H2,1-2H3/b13-10-. The molecule has 0 unspecified atom stereocenters. The Morgan fingerprint density at radius 1 is 1.11 bits per heavy atom. The van der Waals surface area contributed by atoms with E-state index in [1.54, 1.807) is 13.2 Å². The second kappa shape index (κ2) is 6.21. The van der Waals surface area contributed by atoms with E-state index in [9.17, 15) is 0 Å². The molecule has 2 heteroatoms. The molecule has 0 aromatic heterocycles. The van der Waals surface area contributed by atoms with Crippen molar-refractivity contribution in [1.82, 2.24) is 0 Å². The lowest BCUT2D eigenvalue weighted by molar-refractivity contribution is 0.343. The number of rotatable bonds is 4. The van der Waals surface area contributed by atoms with Crippen LogP contribution >= 0.6 is 0 Å². The Kier molecular flexibility index (Phi) is 4.37. The molecule has 0 amide bonds. The molecule has 1 N–H and O–H groups in total. The summed E-state index contributed by atoms with van der Waals surface area (Å²) in [5.74, 6) is 0.859. The van der Waals surface area contributed by atoms with Crippen molar-refractivity contribution in [2.45, 2.75) is 6.92 Å². The quantitative estimate of drug-likeness (QED) is 0.900. The fourth-order valence-electron chi connectivity index (χ4n) is 1.98. The molecule has 0 aliphatic rings. The number of hydrogen-bond acceptors (Lipinski definition) is 2. The second-order valence-corrected chi connectivity index (χ2v) is 4.38. The van der Waals surface area contributed by atoms with Crippen molar-refractivity contribution in [3.05, 3.63) is 60.2 Å². The summed E-state index contributed by atoms with van der Waals surface area (Å²) in [4.78, 5) is 0. The number of methoxy groups -OCH3 is 1. The minimum atomic E-state index is 0.0729. The second-order valence-electron chi connectivity index (χ2n) is 4.38. The molecular weight excluding hydrogens is 236 g/mol. The zero-order valence-corrected chi connectivity index (χ0v) is 11.3. The SMILES string of the molecule is COc1cccc(-c2ccc(/C(C)=C\CO)cc2)c1. The van der Waals surface area contributed by atoms with Crippen molar-refractivity contribution in [3.8, 4) is 16.9 Å². The maximum Gasteiger partial charge on any atom is 0.119 e. The van der Waals surface area contributed by atoms with E-state index in [1.165, 1.54) is 0 Å². The number of aliphatic hydroxyl groups excluding tert-OH is 1. The molecule has 0 saturated carbocycles. The molecular formula is C17H18O2. The topological polar surface area (TPSA) is 29.5 Å². The zero-order valence-electron chi connectivity index (χ0n) is 11.3. The van der Waals surface area contributed by atoms with Crippen LogP contribution in [-0.4, -0.2) is 18.8 Å². The van der Waals surface area contributed by atoms with Crippen molar-refractivity contribution in [2.24, 2.45) is 0 Å². The first kappa shape index (κ1) is 13.4. The summed E-state index contributed by atoms with van der Waals surface area (Å²) in [5.41, 5.74) is 4.49. The predicted octanol–water partition coefficient (Wildman–Crippen LogP) is 3.76. The van der Waals surface area contributed by atoms with Gasteiger partial charge in [0.2, 0.25) is 0 Å². The molecule has 0 radical (unpaired) electrons. The molecule has 2 rings (SSSR count). The van der Waals surface area contributed by atoms with Gasteiger partial charge < -0.3 is 9.84 Å². The first-order chi connectivity index (χ1) is 9.24. The molecule has 0 heterocycles. The average Bonchev–Trinajstić information content (AvgIpc) is 2.48. The van der Waals surface area contributed by atoms with Crippen LogP contribution in [-0.2, 0) is 0 Å². The molecule has 19 heavy (non-hydrogen) atoms. The minimum Gasteiger partial charge on any atom is -0.497 e. The van der Waals surface area contributed by atoms with Crippen LogP contribution in [0.4, 0.5) is 0 Å². The van der Waals surface area contributed by atoms with Gasteiger partial charge in [0.15, 0.2) is 0 Å². The van der Waals surface area contributed by atoms with Crippen LogP contribution in [0.3, 0.4) is 0 Å². The number of ether oxygens (including phenoxy) is 1. The van der Waals surface area contributed by atoms with Crippen LogP contribution in [0.1, 0.15) is 12.5 Å². The van der Waals surface area contributed by atoms with E-state index < -0.39 is 0 Å². The Bertz CT molecular complexity index is 568. The monoisotopic (exact) mass is 254 g/mol. The molecule has 0 aliphatic heterocycles. The van der Waals surface area contributed by atoms with E-state index in [-0.39, 0.29) is 6.61 Å². The third-order valence-corrected chi connectivity index (χ3v) is 3.14. The van der Waals surface area contributed by atoms with E-state index in [1.807, 2.05) is 25.1 Å². The molecule has 0 aliphatic carbocycles. The summed E-state index contributed by atoms with van der Waals surface area (Å²) < 4.78 is 5.23. The summed E-state index contributed by atoms with van der Waals surface area (Å²) >= 11 is 0. The number of aliphatic hydroxyl groups is 1. The average molecular weight is 254 g/mol. The van der Waals surface area contributed by atoms with Crippen LogP contribution in [0.15, 0.2) is 54.6 Å². The highest BCUT2D eigenvalue weighted by atomic mass is 16.5. The smallest absolute Gasteiger partial charge is 0.119 e. The van der Waals surface area contributed by atoms with Crippen LogP contribution in [0.2, 0.25) is 0 Å². The Morgan fingerprint density at radius 3 is 2.47 bits per heavy atom. The van der Waals surface area contributed by atoms with E-state index in [0.717, 1.165) is 28.0 Å². The molecule has 0 bridgehead atoms. The van der Waals surface area contributed by atoms with Gasteiger partial charge in [-0.1, -0.05) is 42.5 Å². The summed E-state index contributed by atoms with van der Waals surface area (Å²) in [7, 11) is 1.67. The summed E-state index contributed by atoms with van der Waals surface area (Å²) in [5, 5.41) is 8.90. The van der Waals surface area contributed by atoms with Gasteiger partial charge in [-0.05, 0) is 41.3 Å². The lowest BCUT2D eigenvalue weighted by atomic mass is 10.0. The fourth-order valence-corrected chi connectivity index (χ4v) is 1.98. The van der Waals surface area contributed by atoms with Crippen molar-refractivity contribution in [3.63, 3.8) is 0 Å². The third kappa shape index (κ3) is 3.24. The number of hydrogen-bond donors (Lipinski definition) is 1. The highest BCUT2D eigenvalue weighted by Crippen LogP contribution is 2.25. The van der Waals surface area contributed by atoms with Crippen molar-refractivity contribution in [1.29, 1.82) is 0 Å². The van der Waals surface area contributed by atoms with Crippen molar-refractivity contribution in [2.75, 3.05) is 13.7 Å². The van der Waals surface area contributed by atoms with Crippen molar-refractivity contribution >= 4 is 5.57 Å². The molecule has 2 nitrogen and oxygen atoms in total. The Hall–Kier alpha value is -2.06. The number of allylic oxidation sites excluding steroid dienone is 1. The first-order valence-electron chi connectivity index (χ1n) is 6.27. The van der Waals surface area contributed by atoms with Crippen LogP contribution in [0.5, 0.6) is 5.75 Å².